The van der Waals surface area contributed by atoms with Gasteiger partial charge in [0.25, 0.3) is 0 Å². The van der Waals surface area contributed by atoms with E-state index in [1.165, 1.54) is 6.42 Å². The van der Waals surface area contributed by atoms with Gasteiger partial charge >= 0.3 is 0 Å². The Balaban J connectivity index is 1.96. The van der Waals surface area contributed by atoms with Crippen LogP contribution in [0.15, 0.2) is 4.63 Å². The Bertz CT molecular complexity index is 263. The summed E-state index contributed by atoms with van der Waals surface area (Å²) >= 11 is 0. The number of rotatable bonds is 8. The van der Waals surface area contributed by atoms with Gasteiger partial charge in [-0.2, -0.15) is 0 Å². The van der Waals surface area contributed by atoms with E-state index in [1.807, 2.05) is 6.92 Å². The number of ether oxygens (including phenoxy) is 1. The van der Waals surface area contributed by atoms with Crippen molar-refractivity contribution < 1.29 is 9.37 Å². The predicted octanol–water partition coefficient (Wildman–Crippen LogP) is 1.28. The summed E-state index contributed by atoms with van der Waals surface area (Å²) in [5.74, 6) is 0. The first-order chi connectivity index (χ1) is 7.34. The zero-order valence-corrected chi connectivity index (χ0v) is 9.45. The Morgan fingerprint density at radius 2 is 2.13 bits per heavy atom. The number of hydrogen-bond donors (Lipinski definition) is 1. The lowest BCUT2D eigenvalue weighted by atomic mass is 10.2. The first-order valence-electron chi connectivity index (χ1n) is 5.32. The Labute approximate surface area is 90.2 Å². The van der Waals surface area contributed by atoms with Crippen LogP contribution in [0.5, 0.6) is 0 Å². The van der Waals surface area contributed by atoms with Crippen molar-refractivity contribution in [3.05, 3.63) is 11.4 Å². The van der Waals surface area contributed by atoms with Gasteiger partial charge in [0.05, 0.1) is 0 Å². The maximum atomic E-state index is 4.97. The van der Waals surface area contributed by atoms with E-state index in [4.69, 9.17) is 4.74 Å². The molecule has 0 aliphatic heterocycles. The van der Waals surface area contributed by atoms with Gasteiger partial charge in [0.1, 0.15) is 11.4 Å². The fraction of sp³-hybridized carbons (Fsp3) is 0.800. The average Bonchev–Trinajstić information content (AvgIpc) is 2.63. The fourth-order valence-corrected chi connectivity index (χ4v) is 1.29. The van der Waals surface area contributed by atoms with Gasteiger partial charge in [-0.25, -0.2) is 4.63 Å². The number of nitrogens with zero attached hydrogens (tertiary/aromatic N) is 2. The van der Waals surface area contributed by atoms with Crippen molar-refractivity contribution in [2.75, 3.05) is 20.3 Å². The van der Waals surface area contributed by atoms with Crippen molar-refractivity contribution in [3.8, 4) is 0 Å². The highest BCUT2D eigenvalue weighted by Crippen LogP contribution is 1.99. The van der Waals surface area contributed by atoms with Crippen molar-refractivity contribution >= 4 is 0 Å². The van der Waals surface area contributed by atoms with Gasteiger partial charge in [-0.05, 0) is 32.7 Å². The molecule has 1 aromatic rings. The third kappa shape index (κ3) is 4.90. The van der Waals surface area contributed by atoms with Gasteiger partial charge in [-0.1, -0.05) is 10.3 Å². The molecular weight excluding hydrogens is 194 g/mol. The van der Waals surface area contributed by atoms with Crippen LogP contribution in [0.25, 0.3) is 0 Å². The zero-order valence-electron chi connectivity index (χ0n) is 9.45. The maximum Gasteiger partial charge on any atom is 0.121 e. The van der Waals surface area contributed by atoms with Crippen LogP contribution in [0, 0.1) is 6.92 Å². The smallest absolute Gasteiger partial charge is 0.121 e. The number of nitrogens with one attached hydrogen (secondary N) is 1. The molecule has 1 aromatic heterocycles. The molecule has 86 valence electrons. The summed E-state index contributed by atoms with van der Waals surface area (Å²) in [5, 5.41) is 10.8. The molecule has 0 atom stereocenters. The van der Waals surface area contributed by atoms with E-state index < -0.39 is 0 Å². The van der Waals surface area contributed by atoms with Crippen molar-refractivity contribution in [1.82, 2.24) is 15.6 Å². The zero-order chi connectivity index (χ0) is 10.9. The highest BCUT2D eigenvalue weighted by atomic mass is 16.6. The van der Waals surface area contributed by atoms with E-state index in [2.05, 4.69) is 20.3 Å². The first-order valence-corrected chi connectivity index (χ1v) is 5.32. The Morgan fingerprint density at radius 3 is 2.80 bits per heavy atom. The van der Waals surface area contributed by atoms with Crippen LogP contribution in [0.4, 0.5) is 0 Å². The van der Waals surface area contributed by atoms with Gasteiger partial charge in [0.15, 0.2) is 0 Å². The molecule has 0 saturated heterocycles. The van der Waals surface area contributed by atoms with E-state index >= 15 is 0 Å². The standard InChI is InChI=1S/C10H19N3O2/c1-9-10(13-15-12-9)8-11-6-4-3-5-7-14-2/h11H,3-8H2,1-2H3. The Kier molecular flexibility index (Phi) is 5.96. The maximum absolute atomic E-state index is 4.97. The van der Waals surface area contributed by atoms with E-state index in [1.54, 1.807) is 7.11 Å². The summed E-state index contributed by atoms with van der Waals surface area (Å²) in [6.45, 7) is 4.48. The van der Waals surface area contributed by atoms with Crippen LogP contribution in [-0.2, 0) is 11.3 Å². The van der Waals surface area contributed by atoms with Gasteiger partial charge in [-0.15, -0.1) is 0 Å². The highest BCUT2D eigenvalue weighted by Gasteiger charge is 2.02. The highest BCUT2D eigenvalue weighted by molar-refractivity contribution is 5.03. The number of methoxy groups -OCH3 is 1. The normalized spacial score (nSPS) is 10.8. The SMILES string of the molecule is COCCCCCNCc1nonc1C. The number of aromatic nitrogens is 2. The molecule has 1 rings (SSSR count). The summed E-state index contributed by atoms with van der Waals surface area (Å²) in [6.07, 6.45) is 3.48. The van der Waals surface area contributed by atoms with E-state index in [0.29, 0.717) is 0 Å². The molecule has 0 amide bonds. The van der Waals surface area contributed by atoms with E-state index in [-0.39, 0.29) is 0 Å². The third-order valence-electron chi connectivity index (χ3n) is 2.24. The first kappa shape index (κ1) is 12.1. The molecule has 0 bridgehead atoms. The number of aryl methyl sites for hydroxylation is 1. The lowest BCUT2D eigenvalue weighted by molar-refractivity contribution is 0.192. The number of unbranched alkanes of at least 4 members (excludes halogenated alkanes) is 2. The second-order valence-electron chi connectivity index (χ2n) is 3.53. The Hall–Kier alpha value is -0.940. The molecule has 5 nitrogen and oxygen atoms in total. The van der Waals surface area contributed by atoms with Crippen LogP contribution in [0.2, 0.25) is 0 Å². The molecule has 0 aromatic carbocycles. The molecule has 15 heavy (non-hydrogen) atoms. The second-order valence-corrected chi connectivity index (χ2v) is 3.53. The van der Waals surface area contributed by atoms with Crippen LogP contribution in [0.3, 0.4) is 0 Å². The minimum atomic E-state index is 0.736. The van der Waals surface area contributed by atoms with Crippen molar-refractivity contribution in [1.29, 1.82) is 0 Å². The van der Waals surface area contributed by atoms with Crippen LogP contribution in [-0.4, -0.2) is 30.6 Å². The number of hydrogen-bond acceptors (Lipinski definition) is 5. The van der Waals surface area contributed by atoms with Crippen molar-refractivity contribution in [2.24, 2.45) is 0 Å². The summed E-state index contributed by atoms with van der Waals surface area (Å²) in [5.41, 5.74) is 1.76. The minimum Gasteiger partial charge on any atom is -0.385 e. The van der Waals surface area contributed by atoms with Crippen LogP contribution >= 0.6 is 0 Å². The van der Waals surface area contributed by atoms with Gasteiger partial charge in [0, 0.05) is 20.3 Å². The predicted molar refractivity (Wildman–Crippen MR) is 56.5 cm³/mol. The molecule has 0 aliphatic carbocycles. The topological polar surface area (TPSA) is 60.2 Å². The molecule has 0 saturated carbocycles. The largest absolute Gasteiger partial charge is 0.385 e. The average molecular weight is 213 g/mol. The molecule has 1 N–H and O–H groups in total. The van der Waals surface area contributed by atoms with E-state index in [9.17, 15) is 0 Å². The molecule has 0 radical (unpaired) electrons. The van der Waals surface area contributed by atoms with E-state index in [0.717, 1.165) is 43.9 Å². The monoisotopic (exact) mass is 213 g/mol. The third-order valence-corrected chi connectivity index (χ3v) is 2.24. The molecule has 0 unspecified atom stereocenters. The quantitative estimate of drug-likeness (QED) is 0.659. The molecule has 5 heteroatoms. The van der Waals surface area contributed by atoms with Gasteiger partial charge in [-0.3, -0.25) is 0 Å². The van der Waals surface area contributed by atoms with Crippen molar-refractivity contribution in [3.63, 3.8) is 0 Å². The van der Waals surface area contributed by atoms with Gasteiger partial charge in [0.2, 0.25) is 0 Å². The molecule has 0 spiro atoms. The lowest BCUT2D eigenvalue weighted by Gasteiger charge is -2.02. The second kappa shape index (κ2) is 7.36. The van der Waals surface area contributed by atoms with Crippen molar-refractivity contribution in [2.45, 2.75) is 32.7 Å². The molecule has 0 aliphatic rings. The lowest BCUT2D eigenvalue weighted by Crippen LogP contribution is -2.15. The summed E-state index contributed by atoms with van der Waals surface area (Å²) in [7, 11) is 1.73. The van der Waals surface area contributed by atoms with Crippen LogP contribution < -0.4 is 5.32 Å². The minimum absolute atomic E-state index is 0.736. The van der Waals surface area contributed by atoms with Crippen LogP contribution in [0.1, 0.15) is 30.7 Å². The molecule has 1 heterocycles. The van der Waals surface area contributed by atoms with Gasteiger partial charge < -0.3 is 10.1 Å². The Morgan fingerprint density at radius 1 is 1.27 bits per heavy atom. The summed E-state index contributed by atoms with van der Waals surface area (Å²) in [6, 6.07) is 0. The molecule has 0 fully saturated rings. The fourth-order valence-electron chi connectivity index (χ4n) is 1.29. The molecular formula is C10H19N3O2. The summed E-state index contributed by atoms with van der Waals surface area (Å²) < 4.78 is 9.57. The summed E-state index contributed by atoms with van der Waals surface area (Å²) in [4.78, 5) is 0.